The third-order valence-corrected chi connectivity index (χ3v) is 5.47. The summed E-state index contributed by atoms with van der Waals surface area (Å²) in [5, 5.41) is 0. The Morgan fingerprint density at radius 1 is 1.15 bits per heavy atom. The highest BCUT2D eigenvalue weighted by molar-refractivity contribution is 6.06. The summed E-state index contributed by atoms with van der Waals surface area (Å²) in [7, 11) is 1.69. The lowest BCUT2D eigenvalue weighted by atomic mass is 10.0. The van der Waals surface area contributed by atoms with E-state index in [1.54, 1.807) is 56.9 Å². The zero-order valence-electron chi connectivity index (χ0n) is 19.1. The second kappa shape index (κ2) is 10.2. The molecule has 33 heavy (non-hydrogen) atoms. The number of rotatable bonds is 8. The number of benzene rings is 1. The summed E-state index contributed by atoms with van der Waals surface area (Å²) in [6, 6.07) is 8.87. The molecule has 0 spiro atoms. The molecule has 172 valence electrons. The number of aromatic nitrogens is 2. The van der Waals surface area contributed by atoms with Crippen molar-refractivity contribution in [2.75, 3.05) is 13.2 Å². The number of ketones is 1. The zero-order valence-corrected chi connectivity index (χ0v) is 19.1. The SMILES string of the molecule is CCOC(=O)c1c(C)c(C(=O)CN(Cc2cccnc2)C(=O)c2cccc(F)c2)c(C)n1C. The largest absolute Gasteiger partial charge is 0.461 e. The Bertz CT molecular complexity index is 1190. The molecule has 2 heterocycles. The van der Waals surface area contributed by atoms with Crippen molar-refractivity contribution in [2.45, 2.75) is 27.3 Å². The predicted molar refractivity (Wildman–Crippen MR) is 121 cm³/mol. The van der Waals surface area contributed by atoms with E-state index < -0.39 is 17.7 Å². The van der Waals surface area contributed by atoms with Crippen LogP contribution in [0.2, 0.25) is 0 Å². The van der Waals surface area contributed by atoms with E-state index in [4.69, 9.17) is 4.74 Å². The minimum Gasteiger partial charge on any atom is -0.461 e. The fraction of sp³-hybridized carbons (Fsp3) is 0.280. The van der Waals surface area contributed by atoms with Gasteiger partial charge in [0.25, 0.3) is 5.91 Å². The summed E-state index contributed by atoms with van der Waals surface area (Å²) in [6.07, 6.45) is 3.22. The van der Waals surface area contributed by atoms with Gasteiger partial charge in [0.2, 0.25) is 0 Å². The molecule has 0 N–H and O–H groups in total. The monoisotopic (exact) mass is 451 g/mol. The average molecular weight is 451 g/mol. The minimum absolute atomic E-state index is 0.116. The molecule has 0 atom stereocenters. The number of carbonyl (C=O) groups is 3. The third kappa shape index (κ3) is 5.16. The van der Waals surface area contributed by atoms with Gasteiger partial charge in [-0.25, -0.2) is 9.18 Å². The first-order valence-electron chi connectivity index (χ1n) is 10.5. The molecule has 0 bridgehead atoms. The van der Waals surface area contributed by atoms with Crippen LogP contribution >= 0.6 is 0 Å². The lowest BCUT2D eigenvalue weighted by Gasteiger charge is -2.22. The van der Waals surface area contributed by atoms with Crippen LogP contribution in [-0.2, 0) is 18.3 Å². The van der Waals surface area contributed by atoms with Gasteiger partial charge in [-0.05, 0) is 56.2 Å². The molecule has 1 amide bonds. The fourth-order valence-corrected chi connectivity index (χ4v) is 3.85. The van der Waals surface area contributed by atoms with Gasteiger partial charge in [0.1, 0.15) is 11.5 Å². The Morgan fingerprint density at radius 2 is 1.91 bits per heavy atom. The summed E-state index contributed by atoms with van der Waals surface area (Å²) >= 11 is 0. The average Bonchev–Trinajstić information content (AvgIpc) is 3.01. The van der Waals surface area contributed by atoms with Gasteiger partial charge in [-0.15, -0.1) is 0 Å². The van der Waals surface area contributed by atoms with E-state index in [0.29, 0.717) is 22.5 Å². The molecule has 0 fully saturated rings. The van der Waals surface area contributed by atoms with Crippen molar-refractivity contribution in [2.24, 2.45) is 7.05 Å². The Balaban J connectivity index is 1.96. The summed E-state index contributed by atoms with van der Waals surface area (Å²) in [6.45, 7) is 5.22. The zero-order chi connectivity index (χ0) is 24.1. The molecule has 7 nitrogen and oxygen atoms in total. The Morgan fingerprint density at radius 3 is 2.55 bits per heavy atom. The van der Waals surface area contributed by atoms with Crippen molar-refractivity contribution in [1.29, 1.82) is 0 Å². The molecule has 0 saturated heterocycles. The van der Waals surface area contributed by atoms with Gasteiger partial charge in [0.15, 0.2) is 5.78 Å². The van der Waals surface area contributed by atoms with Crippen LogP contribution in [0.1, 0.15) is 54.9 Å². The number of carbonyl (C=O) groups excluding carboxylic acids is 3. The molecule has 0 radical (unpaired) electrons. The molecule has 0 aliphatic carbocycles. The molecule has 0 aliphatic heterocycles. The van der Waals surface area contributed by atoms with Gasteiger partial charge in [-0.2, -0.15) is 0 Å². The van der Waals surface area contributed by atoms with Crippen LogP contribution in [-0.4, -0.2) is 45.3 Å². The summed E-state index contributed by atoms with van der Waals surface area (Å²) in [5.41, 5.74) is 2.62. The van der Waals surface area contributed by atoms with Crippen LogP contribution in [0.5, 0.6) is 0 Å². The van der Waals surface area contributed by atoms with Crippen molar-refractivity contribution in [3.8, 4) is 0 Å². The standard InChI is InChI=1S/C25H26FN3O4/c1-5-33-25(32)23-16(2)22(17(3)28(23)4)21(30)15-29(14-18-8-7-11-27-13-18)24(31)19-9-6-10-20(26)12-19/h6-13H,5,14-15H2,1-4H3. The van der Waals surface area contributed by atoms with Crippen molar-refractivity contribution in [1.82, 2.24) is 14.5 Å². The van der Waals surface area contributed by atoms with Crippen LogP contribution in [0.3, 0.4) is 0 Å². The number of halogens is 1. The van der Waals surface area contributed by atoms with Crippen molar-refractivity contribution in [3.63, 3.8) is 0 Å². The first kappa shape index (κ1) is 23.8. The lowest BCUT2D eigenvalue weighted by Crippen LogP contribution is -2.35. The quantitative estimate of drug-likeness (QED) is 0.384. The number of ether oxygens (including phenoxy) is 1. The van der Waals surface area contributed by atoms with Gasteiger partial charge in [0.05, 0.1) is 13.2 Å². The van der Waals surface area contributed by atoms with E-state index in [9.17, 15) is 18.8 Å². The summed E-state index contributed by atoms with van der Waals surface area (Å²) in [4.78, 5) is 44.4. The molecule has 1 aromatic carbocycles. The van der Waals surface area contributed by atoms with E-state index >= 15 is 0 Å². The van der Waals surface area contributed by atoms with E-state index in [1.165, 1.54) is 23.1 Å². The highest BCUT2D eigenvalue weighted by atomic mass is 19.1. The highest BCUT2D eigenvalue weighted by Gasteiger charge is 2.28. The van der Waals surface area contributed by atoms with Crippen LogP contribution in [0.25, 0.3) is 0 Å². The molecular weight excluding hydrogens is 425 g/mol. The van der Waals surface area contributed by atoms with E-state index in [-0.39, 0.29) is 31.0 Å². The molecule has 0 saturated carbocycles. The number of hydrogen-bond acceptors (Lipinski definition) is 5. The van der Waals surface area contributed by atoms with Crippen molar-refractivity contribution < 1.29 is 23.5 Å². The molecule has 0 unspecified atom stereocenters. The third-order valence-electron chi connectivity index (χ3n) is 5.47. The van der Waals surface area contributed by atoms with Gasteiger partial charge in [-0.1, -0.05) is 12.1 Å². The van der Waals surface area contributed by atoms with Crippen LogP contribution in [0.4, 0.5) is 4.39 Å². The maximum atomic E-state index is 13.7. The summed E-state index contributed by atoms with van der Waals surface area (Å²) in [5.74, 6) is -1.86. The fourth-order valence-electron chi connectivity index (χ4n) is 3.85. The predicted octanol–water partition coefficient (Wildman–Crippen LogP) is 3.88. The second-order valence-corrected chi connectivity index (χ2v) is 7.67. The number of nitrogens with zero attached hydrogens (tertiary/aromatic N) is 3. The van der Waals surface area contributed by atoms with E-state index in [1.807, 2.05) is 0 Å². The number of amides is 1. The van der Waals surface area contributed by atoms with Crippen LogP contribution < -0.4 is 0 Å². The number of pyridine rings is 1. The van der Waals surface area contributed by atoms with Crippen LogP contribution in [0, 0.1) is 19.7 Å². The number of hydrogen-bond donors (Lipinski definition) is 0. The first-order chi connectivity index (χ1) is 15.7. The molecule has 8 heteroatoms. The number of Topliss-reactive ketones (excluding diaryl/α,β-unsaturated/α-hetero) is 1. The maximum absolute atomic E-state index is 13.7. The van der Waals surface area contributed by atoms with Gasteiger partial charge in [-0.3, -0.25) is 14.6 Å². The van der Waals surface area contributed by atoms with Gasteiger partial charge < -0.3 is 14.2 Å². The summed E-state index contributed by atoms with van der Waals surface area (Å²) < 4.78 is 20.5. The normalized spacial score (nSPS) is 10.7. The number of esters is 1. The molecule has 3 rings (SSSR count). The second-order valence-electron chi connectivity index (χ2n) is 7.67. The van der Waals surface area contributed by atoms with E-state index in [2.05, 4.69) is 4.98 Å². The van der Waals surface area contributed by atoms with Gasteiger partial charge in [0, 0.05) is 42.8 Å². The maximum Gasteiger partial charge on any atom is 0.355 e. The first-order valence-corrected chi connectivity index (χ1v) is 10.5. The topological polar surface area (TPSA) is 81.5 Å². The Hall–Kier alpha value is -3.81. The smallest absolute Gasteiger partial charge is 0.355 e. The molecule has 3 aromatic rings. The van der Waals surface area contributed by atoms with E-state index in [0.717, 1.165) is 11.6 Å². The highest BCUT2D eigenvalue weighted by Crippen LogP contribution is 2.23. The minimum atomic E-state index is -0.540. The lowest BCUT2D eigenvalue weighted by molar-refractivity contribution is 0.0514. The Kier molecular flexibility index (Phi) is 7.37. The van der Waals surface area contributed by atoms with Crippen molar-refractivity contribution >= 4 is 17.7 Å². The van der Waals surface area contributed by atoms with Crippen molar-refractivity contribution in [3.05, 3.63) is 88.3 Å². The van der Waals surface area contributed by atoms with Crippen LogP contribution in [0.15, 0.2) is 48.8 Å². The molecular formula is C25H26FN3O4. The van der Waals surface area contributed by atoms with Gasteiger partial charge >= 0.3 is 5.97 Å². The molecule has 2 aromatic heterocycles. The Labute approximate surface area is 191 Å². The molecule has 0 aliphatic rings.